The van der Waals surface area contributed by atoms with E-state index in [4.69, 9.17) is 33.3 Å². The van der Waals surface area contributed by atoms with Gasteiger partial charge in [-0.05, 0) is 58.0 Å². The number of hydrogen-bond acceptors (Lipinski definition) is 5. The van der Waals surface area contributed by atoms with Gasteiger partial charge in [-0.2, -0.15) is 5.10 Å². The number of nitrogens with one attached hydrogen (secondary N) is 2. The summed E-state index contributed by atoms with van der Waals surface area (Å²) in [5.74, 6) is 0.689. The number of benzene rings is 2. The van der Waals surface area contributed by atoms with Gasteiger partial charge in [-0.15, -0.1) is 0 Å². The van der Waals surface area contributed by atoms with Crippen LogP contribution in [0.2, 0.25) is 5.02 Å². The molecule has 27 heavy (non-hydrogen) atoms. The van der Waals surface area contributed by atoms with Gasteiger partial charge in [0.2, 0.25) is 4.77 Å². The molecule has 0 aliphatic carbocycles. The summed E-state index contributed by atoms with van der Waals surface area (Å²) in [4.78, 5) is 0. The van der Waals surface area contributed by atoms with E-state index in [2.05, 4.69) is 31.6 Å². The van der Waals surface area contributed by atoms with E-state index in [1.54, 1.807) is 24.2 Å². The van der Waals surface area contributed by atoms with E-state index in [0.717, 1.165) is 5.56 Å². The van der Waals surface area contributed by atoms with Gasteiger partial charge in [-0.3, -0.25) is 5.10 Å². The molecule has 0 fully saturated rings. The highest BCUT2D eigenvalue weighted by atomic mass is 79.9. The minimum atomic E-state index is -0.392. The standard InChI is InChI=1S/C17H15BrClFN4O2S/c1-25-15-5-10(7-22-24-9-21-23-17(24)27)4-13(18)16(15)26-8-11-2-3-12(20)6-14(11)19/h2-6,9,22H,7-8H2,1H3,(H,23,27). The minimum absolute atomic E-state index is 0.176. The van der Waals surface area contributed by atoms with Crippen LogP contribution in [0.1, 0.15) is 11.1 Å². The molecule has 0 saturated carbocycles. The summed E-state index contributed by atoms with van der Waals surface area (Å²) < 4.78 is 27.3. The lowest BCUT2D eigenvalue weighted by atomic mass is 10.2. The fourth-order valence-electron chi connectivity index (χ4n) is 2.34. The molecule has 1 heterocycles. The first-order valence-corrected chi connectivity index (χ1v) is 9.35. The van der Waals surface area contributed by atoms with Gasteiger partial charge in [0.1, 0.15) is 18.8 Å². The Morgan fingerprint density at radius 2 is 2.19 bits per heavy atom. The van der Waals surface area contributed by atoms with Gasteiger partial charge in [0.15, 0.2) is 11.5 Å². The van der Waals surface area contributed by atoms with E-state index in [1.807, 2.05) is 12.1 Å². The van der Waals surface area contributed by atoms with E-state index in [-0.39, 0.29) is 6.61 Å². The highest BCUT2D eigenvalue weighted by Gasteiger charge is 2.13. The average Bonchev–Trinajstić information content (AvgIpc) is 3.05. The normalized spacial score (nSPS) is 10.7. The fourth-order valence-corrected chi connectivity index (χ4v) is 3.33. The first-order valence-electron chi connectivity index (χ1n) is 7.77. The molecule has 2 N–H and O–H groups in total. The van der Waals surface area contributed by atoms with Crippen molar-refractivity contribution in [2.24, 2.45) is 0 Å². The lowest BCUT2D eigenvalue weighted by Crippen LogP contribution is -2.13. The number of ether oxygens (including phenoxy) is 2. The Bertz CT molecular complexity index is 1010. The molecule has 6 nitrogen and oxygen atoms in total. The maximum Gasteiger partial charge on any atom is 0.214 e. The van der Waals surface area contributed by atoms with E-state index in [9.17, 15) is 4.39 Å². The van der Waals surface area contributed by atoms with Gasteiger partial charge in [0.05, 0.1) is 23.1 Å². The lowest BCUT2D eigenvalue weighted by molar-refractivity contribution is 0.282. The van der Waals surface area contributed by atoms with Gasteiger partial charge in [-0.25, -0.2) is 9.07 Å². The number of methoxy groups -OCH3 is 1. The van der Waals surface area contributed by atoms with Crippen molar-refractivity contribution >= 4 is 39.7 Å². The molecular weight excluding hydrogens is 459 g/mol. The maximum absolute atomic E-state index is 13.2. The summed E-state index contributed by atoms with van der Waals surface area (Å²) >= 11 is 14.6. The Kier molecular flexibility index (Phi) is 6.35. The summed E-state index contributed by atoms with van der Waals surface area (Å²) in [6.07, 6.45) is 1.55. The molecule has 2 aromatic carbocycles. The van der Waals surface area contributed by atoms with Crippen molar-refractivity contribution < 1.29 is 13.9 Å². The number of nitrogens with zero attached hydrogens (tertiary/aromatic N) is 2. The number of H-pyrrole nitrogens is 1. The first-order chi connectivity index (χ1) is 13.0. The Labute approximate surface area is 173 Å². The number of hydrogen-bond donors (Lipinski definition) is 2. The molecule has 1 aromatic heterocycles. The number of halogens is 3. The molecule has 0 saturated heterocycles. The third kappa shape index (κ3) is 4.79. The van der Waals surface area contributed by atoms with Crippen molar-refractivity contribution in [3.63, 3.8) is 0 Å². The average molecular weight is 474 g/mol. The van der Waals surface area contributed by atoms with Crippen LogP contribution in [0, 0.1) is 10.6 Å². The summed E-state index contributed by atoms with van der Waals surface area (Å²) in [6, 6.07) is 7.93. The van der Waals surface area contributed by atoms with Crippen molar-refractivity contribution in [2.45, 2.75) is 13.2 Å². The maximum atomic E-state index is 13.2. The zero-order chi connectivity index (χ0) is 19.4. The van der Waals surface area contributed by atoms with Crippen LogP contribution in [0.5, 0.6) is 11.5 Å². The highest BCUT2D eigenvalue weighted by molar-refractivity contribution is 9.10. The minimum Gasteiger partial charge on any atom is -0.493 e. The van der Waals surface area contributed by atoms with Gasteiger partial charge in [0, 0.05) is 5.56 Å². The molecule has 0 spiro atoms. The summed E-state index contributed by atoms with van der Waals surface area (Å²) in [5, 5.41) is 6.82. The lowest BCUT2D eigenvalue weighted by Gasteiger charge is -2.15. The van der Waals surface area contributed by atoms with E-state index >= 15 is 0 Å². The third-order valence-corrected chi connectivity index (χ3v) is 4.91. The SMILES string of the molecule is COc1cc(CNn2cn[nH]c2=S)cc(Br)c1OCc1ccc(F)cc1Cl. The molecule has 0 atom stereocenters. The zero-order valence-electron chi connectivity index (χ0n) is 14.1. The molecule has 0 aliphatic rings. The van der Waals surface area contributed by atoms with Gasteiger partial charge >= 0.3 is 0 Å². The summed E-state index contributed by atoms with van der Waals surface area (Å²) in [6.45, 7) is 0.669. The smallest absolute Gasteiger partial charge is 0.214 e. The highest BCUT2D eigenvalue weighted by Crippen LogP contribution is 2.37. The van der Waals surface area contributed by atoms with Crippen molar-refractivity contribution in [1.82, 2.24) is 14.9 Å². The molecule has 3 rings (SSSR count). The van der Waals surface area contributed by atoms with E-state index in [1.165, 1.54) is 12.1 Å². The number of aromatic nitrogens is 3. The molecular formula is C17H15BrClFN4O2S. The van der Waals surface area contributed by atoms with Crippen LogP contribution >= 0.6 is 39.7 Å². The first kappa shape index (κ1) is 19.7. The van der Waals surface area contributed by atoms with Crippen LogP contribution in [-0.4, -0.2) is 22.0 Å². The predicted molar refractivity (Wildman–Crippen MR) is 107 cm³/mol. The second-order valence-electron chi connectivity index (χ2n) is 5.50. The molecule has 0 bridgehead atoms. The topological polar surface area (TPSA) is 64.1 Å². The van der Waals surface area contributed by atoms with E-state index < -0.39 is 5.82 Å². The van der Waals surface area contributed by atoms with Crippen LogP contribution in [0.25, 0.3) is 0 Å². The Morgan fingerprint density at radius 1 is 1.37 bits per heavy atom. The molecule has 0 amide bonds. The molecule has 0 unspecified atom stereocenters. The quantitative estimate of drug-likeness (QED) is 0.481. The molecule has 142 valence electrons. The van der Waals surface area contributed by atoms with Gasteiger partial charge in [0.25, 0.3) is 0 Å². The largest absolute Gasteiger partial charge is 0.493 e. The Hall–Kier alpha value is -2.10. The number of aromatic amines is 1. The second kappa shape index (κ2) is 8.73. The van der Waals surface area contributed by atoms with Crippen molar-refractivity contribution in [3.05, 3.63) is 67.9 Å². The predicted octanol–water partition coefficient (Wildman–Crippen LogP) is 4.83. The number of rotatable bonds is 7. The molecule has 0 radical (unpaired) electrons. The van der Waals surface area contributed by atoms with Gasteiger partial charge in [-0.1, -0.05) is 17.7 Å². The van der Waals surface area contributed by atoms with Crippen molar-refractivity contribution in [2.75, 3.05) is 12.5 Å². The van der Waals surface area contributed by atoms with Crippen LogP contribution in [-0.2, 0) is 13.2 Å². The monoisotopic (exact) mass is 472 g/mol. The van der Waals surface area contributed by atoms with Gasteiger partial charge < -0.3 is 14.9 Å². The zero-order valence-corrected chi connectivity index (χ0v) is 17.3. The second-order valence-corrected chi connectivity index (χ2v) is 7.15. The molecule has 0 aliphatic heterocycles. The molecule has 3 aromatic rings. The fraction of sp³-hybridized carbons (Fsp3) is 0.176. The van der Waals surface area contributed by atoms with Crippen molar-refractivity contribution in [1.29, 1.82) is 0 Å². The third-order valence-electron chi connectivity index (χ3n) is 3.68. The van der Waals surface area contributed by atoms with Crippen LogP contribution in [0.15, 0.2) is 41.1 Å². The Balaban J connectivity index is 1.75. The van der Waals surface area contributed by atoms with Crippen LogP contribution in [0.4, 0.5) is 4.39 Å². The summed E-state index contributed by atoms with van der Waals surface area (Å²) in [5.41, 5.74) is 4.74. The van der Waals surface area contributed by atoms with Crippen LogP contribution in [0.3, 0.4) is 0 Å². The van der Waals surface area contributed by atoms with E-state index in [0.29, 0.717) is 37.9 Å². The summed E-state index contributed by atoms with van der Waals surface area (Å²) in [7, 11) is 1.56. The van der Waals surface area contributed by atoms with Crippen LogP contribution < -0.4 is 14.9 Å². The Morgan fingerprint density at radius 3 is 2.85 bits per heavy atom. The molecule has 10 heteroatoms. The van der Waals surface area contributed by atoms with Crippen molar-refractivity contribution in [3.8, 4) is 11.5 Å².